The molecule has 1 saturated heterocycles. The zero-order valence-electron chi connectivity index (χ0n) is 12.6. The maximum absolute atomic E-state index is 12.3. The highest BCUT2D eigenvalue weighted by Crippen LogP contribution is 2.31. The lowest BCUT2D eigenvalue weighted by Gasteiger charge is -2.40. The van der Waals surface area contributed by atoms with Crippen molar-refractivity contribution in [3.05, 3.63) is 0 Å². The van der Waals surface area contributed by atoms with Crippen molar-refractivity contribution in [2.75, 3.05) is 13.1 Å². The first kappa shape index (κ1) is 15.1. The Bertz CT molecular complexity index is 377. The standard InChI is InChI=1S/C15H26N2O3/c1-14(2)8-10-17(11-9-14)13(20)16-15(12(18)19)6-4-3-5-7-15/h3-11H2,1-2H3,(H,16,20)(H,18,19). The molecule has 1 saturated carbocycles. The molecule has 2 amide bonds. The quantitative estimate of drug-likeness (QED) is 0.818. The first-order valence-electron chi connectivity index (χ1n) is 7.65. The smallest absolute Gasteiger partial charge is 0.329 e. The number of carboxylic acid groups (broad SMARTS) is 1. The molecule has 2 rings (SSSR count). The zero-order valence-corrected chi connectivity index (χ0v) is 12.6. The van der Waals surface area contributed by atoms with Crippen LogP contribution in [0.1, 0.15) is 58.8 Å². The van der Waals surface area contributed by atoms with Gasteiger partial charge in [-0.1, -0.05) is 33.1 Å². The fourth-order valence-corrected chi connectivity index (χ4v) is 3.15. The second kappa shape index (κ2) is 5.62. The van der Waals surface area contributed by atoms with Gasteiger partial charge in [0.25, 0.3) is 0 Å². The topological polar surface area (TPSA) is 69.6 Å². The summed E-state index contributed by atoms with van der Waals surface area (Å²) in [6.45, 7) is 5.85. The fourth-order valence-electron chi connectivity index (χ4n) is 3.15. The fraction of sp³-hybridized carbons (Fsp3) is 0.867. The highest BCUT2D eigenvalue weighted by atomic mass is 16.4. The number of likely N-dealkylation sites (tertiary alicyclic amines) is 1. The monoisotopic (exact) mass is 282 g/mol. The van der Waals surface area contributed by atoms with Crippen molar-refractivity contribution in [3.8, 4) is 0 Å². The number of carbonyl (C=O) groups is 2. The van der Waals surface area contributed by atoms with Gasteiger partial charge in [-0.25, -0.2) is 9.59 Å². The van der Waals surface area contributed by atoms with Crippen LogP contribution in [0, 0.1) is 5.41 Å². The van der Waals surface area contributed by atoms with E-state index in [1.54, 1.807) is 4.90 Å². The van der Waals surface area contributed by atoms with E-state index in [0.29, 0.717) is 25.9 Å². The summed E-state index contributed by atoms with van der Waals surface area (Å²) in [4.78, 5) is 25.7. The van der Waals surface area contributed by atoms with E-state index in [1.807, 2.05) is 0 Å². The lowest BCUT2D eigenvalue weighted by molar-refractivity contribution is -0.146. The average molecular weight is 282 g/mol. The number of aliphatic carboxylic acids is 1. The molecule has 0 spiro atoms. The number of urea groups is 1. The van der Waals surface area contributed by atoms with E-state index in [9.17, 15) is 14.7 Å². The minimum absolute atomic E-state index is 0.204. The van der Waals surface area contributed by atoms with E-state index in [2.05, 4.69) is 19.2 Å². The van der Waals surface area contributed by atoms with Gasteiger partial charge >= 0.3 is 12.0 Å². The van der Waals surface area contributed by atoms with Crippen LogP contribution in [-0.2, 0) is 4.79 Å². The maximum Gasteiger partial charge on any atom is 0.329 e. The van der Waals surface area contributed by atoms with Gasteiger partial charge in [-0.2, -0.15) is 0 Å². The number of carbonyl (C=O) groups excluding carboxylic acids is 1. The third-order valence-corrected chi connectivity index (χ3v) is 4.87. The predicted molar refractivity (Wildman–Crippen MR) is 76.6 cm³/mol. The molecule has 0 aromatic rings. The van der Waals surface area contributed by atoms with E-state index < -0.39 is 11.5 Å². The van der Waals surface area contributed by atoms with Crippen molar-refractivity contribution in [2.24, 2.45) is 5.41 Å². The lowest BCUT2D eigenvalue weighted by atomic mass is 9.81. The molecule has 0 atom stereocenters. The Kier molecular flexibility index (Phi) is 4.25. The normalized spacial score (nSPS) is 25.0. The van der Waals surface area contributed by atoms with Gasteiger partial charge in [0.2, 0.25) is 0 Å². The number of piperidine rings is 1. The highest BCUT2D eigenvalue weighted by molar-refractivity contribution is 5.86. The van der Waals surface area contributed by atoms with Crippen LogP contribution in [0.4, 0.5) is 4.79 Å². The molecule has 20 heavy (non-hydrogen) atoms. The van der Waals surface area contributed by atoms with Gasteiger partial charge in [-0.05, 0) is 31.1 Å². The molecule has 1 aliphatic carbocycles. The molecule has 2 N–H and O–H groups in total. The average Bonchev–Trinajstić information content (AvgIpc) is 2.39. The van der Waals surface area contributed by atoms with Crippen molar-refractivity contribution in [1.82, 2.24) is 10.2 Å². The van der Waals surface area contributed by atoms with Crippen LogP contribution >= 0.6 is 0 Å². The van der Waals surface area contributed by atoms with Crippen LogP contribution in [-0.4, -0.2) is 40.6 Å². The Labute approximate surface area is 120 Å². The molecule has 2 fully saturated rings. The molecule has 0 bridgehead atoms. The molecule has 5 nitrogen and oxygen atoms in total. The van der Waals surface area contributed by atoms with Crippen molar-refractivity contribution in [3.63, 3.8) is 0 Å². The summed E-state index contributed by atoms with van der Waals surface area (Å²) < 4.78 is 0. The number of rotatable bonds is 2. The maximum atomic E-state index is 12.3. The predicted octanol–water partition coefficient (Wildman–Crippen LogP) is 2.61. The minimum atomic E-state index is -1.04. The first-order chi connectivity index (χ1) is 9.35. The molecule has 114 valence electrons. The van der Waals surface area contributed by atoms with Crippen molar-refractivity contribution in [2.45, 2.75) is 64.3 Å². The minimum Gasteiger partial charge on any atom is -0.480 e. The molecule has 0 radical (unpaired) electrons. The summed E-state index contributed by atoms with van der Waals surface area (Å²) in [5, 5.41) is 12.3. The van der Waals surface area contributed by atoms with Gasteiger partial charge in [-0.15, -0.1) is 0 Å². The summed E-state index contributed by atoms with van der Waals surface area (Å²) >= 11 is 0. The number of carboxylic acids is 1. The number of amides is 2. The Morgan fingerprint density at radius 2 is 1.55 bits per heavy atom. The molecule has 1 heterocycles. The summed E-state index contributed by atoms with van der Waals surface area (Å²) in [7, 11) is 0. The van der Waals surface area contributed by atoms with Crippen LogP contribution in [0.5, 0.6) is 0 Å². The second-order valence-corrected chi connectivity index (χ2v) is 7.03. The molecular weight excluding hydrogens is 256 g/mol. The van der Waals surface area contributed by atoms with E-state index in [4.69, 9.17) is 0 Å². The van der Waals surface area contributed by atoms with Crippen LogP contribution in [0.25, 0.3) is 0 Å². The number of hydrogen-bond acceptors (Lipinski definition) is 2. The largest absolute Gasteiger partial charge is 0.480 e. The number of nitrogens with zero attached hydrogens (tertiary/aromatic N) is 1. The first-order valence-corrected chi connectivity index (χ1v) is 7.65. The van der Waals surface area contributed by atoms with E-state index >= 15 is 0 Å². The third-order valence-electron chi connectivity index (χ3n) is 4.87. The SMILES string of the molecule is CC1(C)CCN(C(=O)NC2(C(=O)O)CCCCC2)CC1. The molecular formula is C15H26N2O3. The Balaban J connectivity index is 1.97. The third kappa shape index (κ3) is 3.25. The second-order valence-electron chi connectivity index (χ2n) is 7.03. The van der Waals surface area contributed by atoms with Crippen LogP contribution in [0.3, 0.4) is 0 Å². The molecule has 0 unspecified atom stereocenters. The van der Waals surface area contributed by atoms with Crippen LogP contribution < -0.4 is 5.32 Å². The summed E-state index contributed by atoms with van der Waals surface area (Å²) in [5.41, 5.74) is -0.756. The molecule has 0 aromatic heterocycles. The van der Waals surface area contributed by atoms with Crippen molar-refractivity contribution < 1.29 is 14.7 Å². The number of nitrogens with one attached hydrogen (secondary N) is 1. The van der Waals surface area contributed by atoms with Gasteiger partial charge in [0.15, 0.2) is 0 Å². The Hall–Kier alpha value is -1.26. The van der Waals surface area contributed by atoms with Gasteiger partial charge in [-0.3, -0.25) is 0 Å². The van der Waals surface area contributed by atoms with E-state index in [-0.39, 0.29) is 11.4 Å². The van der Waals surface area contributed by atoms with Crippen molar-refractivity contribution >= 4 is 12.0 Å². The highest BCUT2D eigenvalue weighted by Gasteiger charge is 2.42. The van der Waals surface area contributed by atoms with E-state index in [1.165, 1.54) is 0 Å². The van der Waals surface area contributed by atoms with Crippen LogP contribution in [0.2, 0.25) is 0 Å². The Morgan fingerprint density at radius 3 is 2.05 bits per heavy atom. The molecule has 5 heteroatoms. The molecule has 1 aliphatic heterocycles. The van der Waals surface area contributed by atoms with Gasteiger partial charge in [0.1, 0.15) is 5.54 Å². The summed E-state index contributed by atoms with van der Waals surface area (Å²) in [6.07, 6.45) is 5.85. The van der Waals surface area contributed by atoms with Crippen LogP contribution in [0.15, 0.2) is 0 Å². The lowest BCUT2D eigenvalue weighted by Crippen LogP contribution is -2.59. The van der Waals surface area contributed by atoms with Gasteiger partial charge in [0.05, 0.1) is 0 Å². The molecule has 2 aliphatic rings. The van der Waals surface area contributed by atoms with Gasteiger partial charge in [0, 0.05) is 13.1 Å². The number of hydrogen-bond donors (Lipinski definition) is 2. The summed E-state index contributed by atoms with van der Waals surface area (Å²) in [6, 6.07) is -0.204. The zero-order chi connectivity index (χ0) is 14.8. The van der Waals surface area contributed by atoms with Gasteiger partial charge < -0.3 is 15.3 Å². The van der Waals surface area contributed by atoms with E-state index in [0.717, 1.165) is 32.1 Å². The molecule has 0 aromatic carbocycles. The Morgan fingerprint density at radius 1 is 1.00 bits per heavy atom. The van der Waals surface area contributed by atoms with Crippen molar-refractivity contribution in [1.29, 1.82) is 0 Å². The summed E-state index contributed by atoms with van der Waals surface area (Å²) in [5.74, 6) is -0.886.